The maximum atomic E-state index is 13.6. The molecule has 0 saturated heterocycles. The zero-order valence-corrected chi connectivity index (χ0v) is 17.8. The molecule has 1 unspecified atom stereocenters. The number of halogens is 1. The van der Waals surface area contributed by atoms with Crippen molar-refractivity contribution in [2.24, 2.45) is 0 Å². The van der Waals surface area contributed by atoms with Gasteiger partial charge in [-0.1, -0.05) is 90.5 Å². The molecule has 0 radical (unpaired) electrons. The maximum absolute atomic E-state index is 13.6. The Hall–Kier alpha value is -3.36. The van der Waals surface area contributed by atoms with Gasteiger partial charge < -0.3 is 4.90 Å². The van der Waals surface area contributed by atoms with Crippen molar-refractivity contribution in [2.75, 3.05) is 6.54 Å². The fraction of sp³-hybridized carbons (Fsp3) is 0.107. The van der Waals surface area contributed by atoms with Gasteiger partial charge in [0.05, 0.1) is 6.04 Å². The molecule has 5 rings (SSSR count). The van der Waals surface area contributed by atoms with E-state index in [1.165, 1.54) is 11.1 Å². The molecule has 0 fully saturated rings. The number of fused-ring (bicyclic) bond motifs is 1. The first-order valence-corrected chi connectivity index (χ1v) is 10.9. The minimum atomic E-state index is -0.122. The zero-order valence-electron chi connectivity index (χ0n) is 17.0. The third kappa shape index (κ3) is 3.87. The van der Waals surface area contributed by atoms with Crippen LogP contribution >= 0.6 is 11.6 Å². The van der Waals surface area contributed by atoms with Gasteiger partial charge in [-0.15, -0.1) is 0 Å². The first-order chi connectivity index (χ1) is 15.2. The fourth-order valence-electron chi connectivity index (χ4n) is 4.39. The van der Waals surface area contributed by atoms with Gasteiger partial charge in [0, 0.05) is 17.1 Å². The van der Waals surface area contributed by atoms with E-state index < -0.39 is 0 Å². The highest BCUT2D eigenvalue weighted by molar-refractivity contribution is 6.30. The summed E-state index contributed by atoms with van der Waals surface area (Å²) < 4.78 is 0. The van der Waals surface area contributed by atoms with Crippen LogP contribution in [0.25, 0.3) is 11.1 Å². The van der Waals surface area contributed by atoms with E-state index in [4.69, 9.17) is 11.6 Å². The Morgan fingerprint density at radius 2 is 1.39 bits per heavy atom. The predicted octanol–water partition coefficient (Wildman–Crippen LogP) is 6.79. The molecule has 0 N–H and O–H groups in total. The normalized spacial score (nSPS) is 15.4. The molecule has 152 valence electrons. The molecule has 31 heavy (non-hydrogen) atoms. The van der Waals surface area contributed by atoms with E-state index >= 15 is 0 Å². The van der Waals surface area contributed by atoms with E-state index in [2.05, 4.69) is 30.3 Å². The van der Waals surface area contributed by atoms with Crippen molar-refractivity contribution in [3.63, 3.8) is 0 Å². The van der Waals surface area contributed by atoms with Gasteiger partial charge in [-0.25, -0.2) is 0 Å². The first-order valence-electron chi connectivity index (χ1n) is 10.5. The molecule has 4 aromatic rings. The molecule has 0 aromatic heterocycles. The standard InChI is InChI=1S/C28H22ClNO/c29-25-16-14-23(15-17-25)27-26-9-5-4-8-22(26)18-19-30(27)28(31)24-12-10-21(11-13-24)20-6-2-1-3-7-20/h1-17,27H,18-19H2. The van der Waals surface area contributed by atoms with Crippen LogP contribution in [-0.4, -0.2) is 17.4 Å². The Morgan fingerprint density at radius 3 is 2.13 bits per heavy atom. The van der Waals surface area contributed by atoms with Crippen molar-refractivity contribution in [1.29, 1.82) is 0 Å². The number of benzene rings is 4. The molecule has 0 spiro atoms. The molecule has 1 aliphatic heterocycles. The number of rotatable bonds is 3. The lowest BCUT2D eigenvalue weighted by Crippen LogP contribution is -2.40. The molecule has 0 bridgehead atoms. The molecule has 2 nitrogen and oxygen atoms in total. The Bertz CT molecular complexity index is 1200. The van der Waals surface area contributed by atoms with E-state index in [0.29, 0.717) is 17.1 Å². The monoisotopic (exact) mass is 423 g/mol. The number of carbonyl (C=O) groups excluding carboxylic acids is 1. The van der Waals surface area contributed by atoms with Crippen LogP contribution in [0.2, 0.25) is 5.02 Å². The average Bonchev–Trinajstić information content (AvgIpc) is 2.84. The second kappa shape index (κ2) is 8.41. The SMILES string of the molecule is O=C(c1ccc(-c2ccccc2)cc1)N1CCc2ccccc2C1c1ccc(Cl)cc1. The van der Waals surface area contributed by atoms with Crippen molar-refractivity contribution in [2.45, 2.75) is 12.5 Å². The number of nitrogens with zero attached hydrogens (tertiary/aromatic N) is 1. The Morgan fingerprint density at radius 1 is 0.742 bits per heavy atom. The lowest BCUT2D eigenvalue weighted by molar-refractivity contribution is 0.0694. The fourth-order valence-corrected chi connectivity index (χ4v) is 4.52. The van der Waals surface area contributed by atoms with Gasteiger partial charge >= 0.3 is 0 Å². The van der Waals surface area contributed by atoms with Crippen LogP contribution in [0.5, 0.6) is 0 Å². The summed E-state index contributed by atoms with van der Waals surface area (Å²) in [4.78, 5) is 15.6. The third-order valence-electron chi connectivity index (χ3n) is 5.97. The molecule has 1 aliphatic rings. The molecule has 3 heteroatoms. The second-order valence-electron chi connectivity index (χ2n) is 7.84. The number of carbonyl (C=O) groups is 1. The van der Waals surface area contributed by atoms with Gasteiger partial charge in [0.2, 0.25) is 0 Å². The first kappa shape index (κ1) is 19.6. The Kier molecular flexibility index (Phi) is 5.31. The molecule has 4 aromatic carbocycles. The van der Waals surface area contributed by atoms with E-state index in [-0.39, 0.29) is 11.9 Å². The molecule has 1 amide bonds. The summed E-state index contributed by atoms with van der Waals surface area (Å²) in [5.41, 5.74) is 6.52. The molecule has 0 saturated carbocycles. The second-order valence-corrected chi connectivity index (χ2v) is 8.28. The summed E-state index contributed by atoms with van der Waals surface area (Å²) in [7, 11) is 0. The van der Waals surface area contributed by atoms with Crippen LogP contribution in [0.3, 0.4) is 0 Å². The van der Waals surface area contributed by atoms with Crippen LogP contribution < -0.4 is 0 Å². The smallest absolute Gasteiger partial charge is 0.254 e. The van der Waals surface area contributed by atoms with Crippen LogP contribution in [-0.2, 0) is 6.42 Å². The van der Waals surface area contributed by atoms with Gasteiger partial charge in [-0.05, 0) is 58.5 Å². The quantitative estimate of drug-likeness (QED) is 0.355. The van der Waals surface area contributed by atoms with Crippen LogP contribution in [0.15, 0.2) is 103 Å². The number of amides is 1. The van der Waals surface area contributed by atoms with Crippen LogP contribution in [0.1, 0.15) is 33.1 Å². The Balaban J connectivity index is 1.50. The van der Waals surface area contributed by atoms with E-state index in [1.54, 1.807) is 0 Å². The molecule has 1 heterocycles. The minimum Gasteiger partial charge on any atom is -0.327 e. The van der Waals surface area contributed by atoms with Crippen molar-refractivity contribution in [1.82, 2.24) is 4.90 Å². The van der Waals surface area contributed by atoms with Crippen LogP contribution in [0, 0.1) is 0 Å². The van der Waals surface area contributed by atoms with Gasteiger partial charge in [0.15, 0.2) is 0 Å². The summed E-state index contributed by atoms with van der Waals surface area (Å²) in [5.74, 6) is 0.0501. The van der Waals surface area contributed by atoms with Crippen molar-refractivity contribution in [3.05, 3.63) is 130 Å². The zero-order chi connectivity index (χ0) is 21.2. The highest BCUT2D eigenvalue weighted by atomic mass is 35.5. The van der Waals surface area contributed by atoms with E-state index in [0.717, 1.165) is 23.1 Å². The number of hydrogen-bond donors (Lipinski definition) is 0. The number of hydrogen-bond acceptors (Lipinski definition) is 1. The Labute approximate surface area is 187 Å². The van der Waals surface area contributed by atoms with Gasteiger partial charge in [0.25, 0.3) is 5.91 Å². The highest BCUT2D eigenvalue weighted by Gasteiger charge is 2.32. The molecular weight excluding hydrogens is 402 g/mol. The van der Waals surface area contributed by atoms with E-state index in [9.17, 15) is 4.79 Å². The summed E-state index contributed by atoms with van der Waals surface area (Å²) in [5, 5.41) is 0.697. The molecule has 0 aliphatic carbocycles. The largest absolute Gasteiger partial charge is 0.327 e. The van der Waals surface area contributed by atoms with E-state index in [1.807, 2.05) is 77.7 Å². The van der Waals surface area contributed by atoms with Gasteiger partial charge in [0.1, 0.15) is 0 Å². The summed E-state index contributed by atoms with van der Waals surface area (Å²) in [6.07, 6.45) is 0.855. The van der Waals surface area contributed by atoms with Crippen molar-refractivity contribution >= 4 is 17.5 Å². The van der Waals surface area contributed by atoms with Gasteiger partial charge in [-0.2, -0.15) is 0 Å². The summed E-state index contributed by atoms with van der Waals surface area (Å²) >= 11 is 6.13. The topological polar surface area (TPSA) is 20.3 Å². The minimum absolute atomic E-state index is 0.0501. The average molecular weight is 424 g/mol. The van der Waals surface area contributed by atoms with Gasteiger partial charge in [-0.3, -0.25) is 4.79 Å². The maximum Gasteiger partial charge on any atom is 0.254 e. The highest BCUT2D eigenvalue weighted by Crippen LogP contribution is 2.36. The summed E-state index contributed by atoms with van der Waals surface area (Å²) in [6.45, 7) is 0.684. The van der Waals surface area contributed by atoms with Crippen LogP contribution in [0.4, 0.5) is 0 Å². The third-order valence-corrected chi connectivity index (χ3v) is 6.22. The van der Waals surface area contributed by atoms with Crippen molar-refractivity contribution in [3.8, 4) is 11.1 Å². The summed E-state index contributed by atoms with van der Waals surface area (Å²) in [6, 6.07) is 34.2. The lowest BCUT2D eigenvalue weighted by atomic mass is 9.87. The van der Waals surface area contributed by atoms with Crippen molar-refractivity contribution < 1.29 is 4.79 Å². The molecular formula is C28H22ClNO. The predicted molar refractivity (Wildman–Crippen MR) is 126 cm³/mol. The lowest BCUT2D eigenvalue weighted by Gasteiger charge is -2.38. The molecule has 1 atom stereocenters.